The van der Waals surface area contributed by atoms with Crippen LogP contribution in [0, 0.1) is 0 Å². The molecule has 3 heterocycles. The van der Waals surface area contributed by atoms with Crippen molar-refractivity contribution in [2.75, 3.05) is 44.2 Å². The zero-order valence-electron chi connectivity index (χ0n) is 17.4. The van der Waals surface area contributed by atoms with Crippen LogP contribution in [0.2, 0.25) is 0 Å². The van der Waals surface area contributed by atoms with Gasteiger partial charge in [0.2, 0.25) is 23.6 Å². The molecule has 0 spiro atoms. The van der Waals surface area contributed by atoms with Gasteiger partial charge in [-0.1, -0.05) is 0 Å². The first-order valence-corrected chi connectivity index (χ1v) is 10.7. The summed E-state index contributed by atoms with van der Waals surface area (Å²) in [6.07, 6.45) is 2.79. The van der Waals surface area contributed by atoms with Crippen LogP contribution in [-0.2, 0) is 19.2 Å². The quantitative estimate of drug-likeness (QED) is 0.658. The highest BCUT2D eigenvalue weighted by Crippen LogP contribution is 2.22. The Hall–Kier alpha value is -3.23. The molecule has 3 aliphatic rings. The first-order valence-electron chi connectivity index (χ1n) is 10.7. The van der Waals surface area contributed by atoms with Gasteiger partial charge in [0, 0.05) is 63.2 Å². The molecule has 3 aliphatic heterocycles. The molecule has 9 nitrogen and oxygen atoms in total. The minimum absolute atomic E-state index is 0.114. The Labute approximate surface area is 180 Å². The van der Waals surface area contributed by atoms with Gasteiger partial charge >= 0.3 is 0 Å². The SMILES string of the molecule is O=C(CN1C(=O)CCC1=O)N1CCN(C(=O)c2ccc(N3CCCCC3=O)cc2)CC1. The number of amides is 5. The number of piperazine rings is 1. The zero-order chi connectivity index (χ0) is 22.0. The third-order valence-corrected chi connectivity index (χ3v) is 6.12. The van der Waals surface area contributed by atoms with Gasteiger partial charge in [0.1, 0.15) is 6.54 Å². The van der Waals surface area contributed by atoms with Gasteiger partial charge < -0.3 is 14.7 Å². The van der Waals surface area contributed by atoms with Crippen molar-refractivity contribution in [3.05, 3.63) is 29.8 Å². The fraction of sp³-hybridized carbons (Fsp3) is 0.500. The standard InChI is InChI=1S/C22H26N4O5/c27-18-3-1-2-10-25(18)17-6-4-16(5-7-17)22(31)24-13-11-23(12-14-24)21(30)15-26-19(28)8-9-20(26)29/h4-7H,1-3,8-15H2. The number of piperidine rings is 1. The lowest BCUT2D eigenvalue weighted by atomic mass is 10.1. The first-order chi connectivity index (χ1) is 14.9. The van der Waals surface area contributed by atoms with Crippen molar-refractivity contribution in [3.8, 4) is 0 Å². The highest BCUT2D eigenvalue weighted by molar-refractivity contribution is 6.04. The molecule has 0 aromatic heterocycles. The van der Waals surface area contributed by atoms with Crippen LogP contribution in [0.1, 0.15) is 42.5 Å². The van der Waals surface area contributed by atoms with Gasteiger partial charge in [0.05, 0.1) is 0 Å². The predicted octanol–water partition coefficient (Wildman–Crippen LogP) is 0.637. The van der Waals surface area contributed by atoms with E-state index in [9.17, 15) is 24.0 Å². The van der Waals surface area contributed by atoms with Gasteiger partial charge in [-0.3, -0.25) is 28.9 Å². The molecule has 9 heteroatoms. The third-order valence-electron chi connectivity index (χ3n) is 6.12. The Kier molecular flexibility index (Phi) is 6.01. The van der Waals surface area contributed by atoms with E-state index in [0.29, 0.717) is 44.7 Å². The van der Waals surface area contributed by atoms with Gasteiger partial charge in [-0.2, -0.15) is 0 Å². The van der Waals surface area contributed by atoms with Crippen LogP contribution < -0.4 is 4.90 Å². The maximum absolute atomic E-state index is 12.8. The van der Waals surface area contributed by atoms with E-state index in [2.05, 4.69) is 0 Å². The lowest BCUT2D eigenvalue weighted by molar-refractivity contribution is -0.146. The molecule has 1 aromatic carbocycles. The molecule has 0 radical (unpaired) electrons. The summed E-state index contributed by atoms with van der Waals surface area (Å²) in [6.45, 7) is 1.99. The second-order valence-corrected chi connectivity index (χ2v) is 8.10. The topological polar surface area (TPSA) is 98.3 Å². The van der Waals surface area contributed by atoms with Gasteiger partial charge in [0.15, 0.2) is 0 Å². The molecule has 0 atom stereocenters. The first kappa shape index (κ1) is 21.0. The number of nitrogens with zero attached hydrogens (tertiary/aromatic N) is 4. The molecular formula is C22H26N4O5. The Morgan fingerprint density at radius 3 is 1.94 bits per heavy atom. The summed E-state index contributed by atoms with van der Waals surface area (Å²) in [5.74, 6) is -0.882. The number of anilines is 1. The monoisotopic (exact) mass is 426 g/mol. The van der Waals surface area contributed by atoms with E-state index < -0.39 is 0 Å². The van der Waals surface area contributed by atoms with Gasteiger partial charge in [0.25, 0.3) is 5.91 Å². The second-order valence-electron chi connectivity index (χ2n) is 8.10. The van der Waals surface area contributed by atoms with Crippen molar-refractivity contribution in [2.24, 2.45) is 0 Å². The van der Waals surface area contributed by atoms with E-state index in [1.54, 1.807) is 39.0 Å². The average molecular weight is 426 g/mol. The van der Waals surface area contributed by atoms with Crippen molar-refractivity contribution < 1.29 is 24.0 Å². The Bertz CT molecular complexity index is 889. The van der Waals surface area contributed by atoms with E-state index in [-0.39, 0.29) is 48.9 Å². The number of rotatable bonds is 4. The van der Waals surface area contributed by atoms with Gasteiger partial charge in [-0.25, -0.2) is 0 Å². The fourth-order valence-electron chi connectivity index (χ4n) is 4.24. The summed E-state index contributed by atoms with van der Waals surface area (Å²) in [6, 6.07) is 7.09. The minimum atomic E-state index is -0.304. The maximum Gasteiger partial charge on any atom is 0.253 e. The second kappa shape index (κ2) is 8.87. The number of hydrogen-bond acceptors (Lipinski definition) is 5. The zero-order valence-corrected chi connectivity index (χ0v) is 17.4. The van der Waals surface area contributed by atoms with Crippen LogP contribution >= 0.6 is 0 Å². The van der Waals surface area contributed by atoms with Crippen LogP contribution in [0.3, 0.4) is 0 Å². The summed E-state index contributed by atoms with van der Waals surface area (Å²) in [7, 11) is 0. The molecular weight excluding hydrogens is 400 g/mol. The molecule has 0 unspecified atom stereocenters. The molecule has 3 fully saturated rings. The fourth-order valence-corrected chi connectivity index (χ4v) is 4.24. The van der Waals surface area contributed by atoms with Crippen molar-refractivity contribution in [1.82, 2.24) is 14.7 Å². The highest BCUT2D eigenvalue weighted by atomic mass is 16.2. The van der Waals surface area contributed by atoms with Crippen molar-refractivity contribution >= 4 is 35.2 Å². The third kappa shape index (κ3) is 4.45. The van der Waals surface area contributed by atoms with E-state index in [0.717, 1.165) is 23.4 Å². The Morgan fingerprint density at radius 1 is 0.710 bits per heavy atom. The largest absolute Gasteiger partial charge is 0.338 e. The van der Waals surface area contributed by atoms with Crippen molar-refractivity contribution in [1.29, 1.82) is 0 Å². The summed E-state index contributed by atoms with van der Waals surface area (Å²) in [5, 5.41) is 0. The molecule has 164 valence electrons. The molecule has 1 aromatic rings. The minimum Gasteiger partial charge on any atom is -0.338 e. The number of imide groups is 1. The average Bonchev–Trinajstić information content (AvgIpc) is 3.11. The van der Waals surface area contributed by atoms with Crippen LogP contribution in [0.5, 0.6) is 0 Å². The van der Waals surface area contributed by atoms with Crippen LogP contribution in [0.15, 0.2) is 24.3 Å². The smallest absolute Gasteiger partial charge is 0.253 e. The van der Waals surface area contributed by atoms with Crippen LogP contribution in [-0.4, -0.2) is 83.5 Å². The number of benzene rings is 1. The number of carbonyl (C=O) groups excluding carboxylic acids is 5. The number of carbonyl (C=O) groups is 5. The van der Waals surface area contributed by atoms with E-state index in [1.165, 1.54) is 0 Å². The van der Waals surface area contributed by atoms with Crippen LogP contribution in [0.25, 0.3) is 0 Å². The normalized spacial score (nSPS) is 19.9. The highest BCUT2D eigenvalue weighted by Gasteiger charge is 2.33. The lowest BCUT2D eigenvalue weighted by Gasteiger charge is -2.35. The summed E-state index contributed by atoms with van der Waals surface area (Å²) in [4.78, 5) is 66.8. The predicted molar refractivity (Wildman–Crippen MR) is 111 cm³/mol. The molecule has 0 N–H and O–H groups in total. The summed E-state index contributed by atoms with van der Waals surface area (Å²) < 4.78 is 0. The molecule has 0 saturated carbocycles. The number of likely N-dealkylation sites (tertiary alicyclic amines) is 1. The number of hydrogen-bond donors (Lipinski definition) is 0. The molecule has 5 amide bonds. The van der Waals surface area contributed by atoms with Crippen molar-refractivity contribution in [3.63, 3.8) is 0 Å². The molecule has 0 bridgehead atoms. The van der Waals surface area contributed by atoms with Gasteiger partial charge in [-0.05, 0) is 37.1 Å². The molecule has 31 heavy (non-hydrogen) atoms. The Morgan fingerprint density at radius 2 is 1.32 bits per heavy atom. The van der Waals surface area contributed by atoms with Gasteiger partial charge in [-0.15, -0.1) is 0 Å². The molecule has 0 aliphatic carbocycles. The van der Waals surface area contributed by atoms with Crippen molar-refractivity contribution in [2.45, 2.75) is 32.1 Å². The lowest BCUT2D eigenvalue weighted by Crippen LogP contribution is -2.53. The summed E-state index contributed by atoms with van der Waals surface area (Å²) >= 11 is 0. The molecule has 3 saturated heterocycles. The molecule has 4 rings (SSSR count). The van der Waals surface area contributed by atoms with E-state index in [1.807, 2.05) is 0 Å². The van der Waals surface area contributed by atoms with E-state index >= 15 is 0 Å². The summed E-state index contributed by atoms with van der Waals surface area (Å²) in [5.41, 5.74) is 1.35. The Balaban J connectivity index is 1.31. The maximum atomic E-state index is 12.8. The van der Waals surface area contributed by atoms with Crippen LogP contribution in [0.4, 0.5) is 5.69 Å². The van der Waals surface area contributed by atoms with E-state index in [4.69, 9.17) is 0 Å².